The molecule has 0 amide bonds. The highest BCUT2D eigenvalue weighted by atomic mass is 32.1. The van der Waals surface area contributed by atoms with E-state index in [1.165, 1.54) is 6.92 Å². The molecule has 0 radical (unpaired) electrons. The molecule has 0 fully saturated rings. The standard InChI is InChI=1S/C15H16N2O2S/c1-9-4-10(2)14(8-19-11(3)18)6-12(9)5-13(7-16)15(17)20/h4-6H,8H2,1-3H3,(H2,17,20)/b13-5+. The van der Waals surface area contributed by atoms with Crippen molar-refractivity contribution in [2.75, 3.05) is 0 Å². The third kappa shape index (κ3) is 4.18. The van der Waals surface area contributed by atoms with Crippen LogP contribution >= 0.6 is 12.2 Å². The van der Waals surface area contributed by atoms with Gasteiger partial charge in [-0.15, -0.1) is 0 Å². The Balaban J connectivity index is 3.21. The van der Waals surface area contributed by atoms with E-state index in [4.69, 9.17) is 28.0 Å². The summed E-state index contributed by atoms with van der Waals surface area (Å²) in [7, 11) is 0. The van der Waals surface area contributed by atoms with Gasteiger partial charge in [0.25, 0.3) is 0 Å². The van der Waals surface area contributed by atoms with Crippen LogP contribution in [0.4, 0.5) is 0 Å². The molecule has 0 aliphatic carbocycles. The predicted molar refractivity (Wildman–Crippen MR) is 81.8 cm³/mol. The van der Waals surface area contributed by atoms with Crippen molar-refractivity contribution < 1.29 is 9.53 Å². The predicted octanol–water partition coefficient (Wildman–Crippen LogP) is 2.56. The highest BCUT2D eigenvalue weighted by Gasteiger charge is 2.07. The number of ether oxygens (including phenoxy) is 1. The van der Waals surface area contributed by atoms with Gasteiger partial charge in [0.2, 0.25) is 0 Å². The van der Waals surface area contributed by atoms with Gasteiger partial charge in [0.05, 0.1) is 5.57 Å². The molecule has 0 saturated carbocycles. The van der Waals surface area contributed by atoms with Crippen LogP contribution in [0.5, 0.6) is 0 Å². The zero-order valence-corrected chi connectivity index (χ0v) is 12.5. The van der Waals surface area contributed by atoms with Crippen LogP contribution in [-0.2, 0) is 16.1 Å². The fraction of sp³-hybridized carbons (Fsp3) is 0.267. The van der Waals surface area contributed by atoms with Crippen molar-refractivity contribution in [3.05, 3.63) is 40.0 Å². The first-order valence-corrected chi connectivity index (χ1v) is 6.41. The molecule has 0 unspecified atom stereocenters. The summed E-state index contributed by atoms with van der Waals surface area (Å²) in [6, 6.07) is 5.82. The van der Waals surface area contributed by atoms with E-state index >= 15 is 0 Å². The molecule has 0 atom stereocenters. The number of thiocarbonyl (C=S) groups is 1. The van der Waals surface area contributed by atoms with E-state index in [9.17, 15) is 4.79 Å². The number of rotatable bonds is 4. The van der Waals surface area contributed by atoms with Crippen LogP contribution in [0.2, 0.25) is 0 Å². The topological polar surface area (TPSA) is 76.1 Å². The lowest BCUT2D eigenvalue weighted by molar-refractivity contribution is -0.142. The lowest BCUT2D eigenvalue weighted by Gasteiger charge is -2.10. The Morgan fingerprint density at radius 2 is 2.10 bits per heavy atom. The average molecular weight is 288 g/mol. The molecule has 0 bridgehead atoms. The maximum Gasteiger partial charge on any atom is 0.302 e. The van der Waals surface area contributed by atoms with E-state index in [0.29, 0.717) is 0 Å². The van der Waals surface area contributed by atoms with Gasteiger partial charge in [0.1, 0.15) is 17.7 Å². The smallest absolute Gasteiger partial charge is 0.302 e. The van der Waals surface area contributed by atoms with E-state index in [-0.39, 0.29) is 23.1 Å². The minimum atomic E-state index is -0.331. The summed E-state index contributed by atoms with van der Waals surface area (Å²) in [5, 5.41) is 8.99. The number of carbonyl (C=O) groups is 1. The molecule has 1 aromatic carbocycles. The van der Waals surface area contributed by atoms with Crippen LogP contribution in [-0.4, -0.2) is 11.0 Å². The lowest BCUT2D eigenvalue weighted by atomic mass is 9.98. The Hall–Kier alpha value is -2.19. The van der Waals surface area contributed by atoms with Crippen LogP contribution in [0.15, 0.2) is 17.7 Å². The third-order valence-electron chi connectivity index (χ3n) is 2.84. The highest BCUT2D eigenvalue weighted by molar-refractivity contribution is 7.80. The molecule has 104 valence electrons. The van der Waals surface area contributed by atoms with E-state index in [1.807, 2.05) is 32.0 Å². The average Bonchev–Trinajstić information content (AvgIpc) is 2.35. The van der Waals surface area contributed by atoms with Crippen LogP contribution in [0.25, 0.3) is 6.08 Å². The highest BCUT2D eigenvalue weighted by Crippen LogP contribution is 2.19. The van der Waals surface area contributed by atoms with Gasteiger partial charge in [-0.2, -0.15) is 5.26 Å². The molecule has 0 spiro atoms. The first kappa shape index (κ1) is 15.9. The molecule has 0 aliphatic rings. The molecule has 1 aromatic rings. The second kappa shape index (κ2) is 6.83. The molecular weight excluding hydrogens is 272 g/mol. The number of hydrogen-bond acceptors (Lipinski definition) is 4. The van der Waals surface area contributed by atoms with Gasteiger partial charge in [0.15, 0.2) is 0 Å². The second-order valence-electron chi connectivity index (χ2n) is 4.45. The zero-order valence-electron chi connectivity index (χ0n) is 11.7. The van der Waals surface area contributed by atoms with Gasteiger partial charge in [0, 0.05) is 6.92 Å². The number of nitriles is 1. The number of nitrogens with zero attached hydrogens (tertiary/aromatic N) is 1. The Bertz CT molecular complexity index is 627. The Morgan fingerprint density at radius 1 is 1.45 bits per heavy atom. The summed E-state index contributed by atoms with van der Waals surface area (Å²) in [5.74, 6) is -0.331. The molecule has 4 nitrogen and oxygen atoms in total. The monoisotopic (exact) mass is 288 g/mol. The normalized spacial score (nSPS) is 10.8. The van der Waals surface area contributed by atoms with Crippen molar-refractivity contribution in [1.29, 1.82) is 5.26 Å². The van der Waals surface area contributed by atoms with Crippen LogP contribution in [0, 0.1) is 25.2 Å². The lowest BCUT2D eigenvalue weighted by Crippen LogP contribution is -2.10. The Labute approximate surface area is 123 Å². The van der Waals surface area contributed by atoms with Crippen molar-refractivity contribution in [1.82, 2.24) is 0 Å². The van der Waals surface area contributed by atoms with Gasteiger partial charge < -0.3 is 10.5 Å². The third-order valence-corrected chi connectivity index (χ3v) is 3.06. The molecule has 0 saturated heterocycles. The van der Waals surface area contributed by atoms with Crippen molar-refractivity contribution in [2.24, 2.45) is 5.73 Å². The summed E-state index contributed by atoms with van der Waals surface area (Å²) in [4.78, 5) is 10.9. The van der Waals surface area contributed by atoms with E-state index in [0.717, 1.165) is 22.3 Å². The van der Waals surface area contributed by atoms with Gasteiger partial charge in [-0.3, -0.25) is 4.79 Å². The van der Waals surface area contributed by atoms with Crippen molar-refractivity contribution in [3.63, 3.8) is 0 Å². The second-order valence-corrected chi connectivity index (χ2v) is 4.89. The first-order chi connectivity index (χ1) is 9.35. The molecule has 0 aromatic heterocycles. The SMILES string of the molecule is CC(=O)OCc1cc(/C=C(\C#N)C(N)=S)c(C)cc1C. The maximum absolute atomic E-state index is 10.9. The minimum Gasteiger partial charge on any atom is -0.461 e. The number of hydrogen-bond donors (Lipinski definition) is 1. The van der Waals surface area contributed by atoms with E-state index in [1.54, 1.807) is 6.08 Å². The molecule has 5 heteroatoms. The van der Waals surface area contributed by atoms with Crippen molar-refractivity contribution in [3.8, 4) is 6.07 Å². The van der Waals surface area contributed by atoms with Crippen LogP contribution < -0.4 is 5.73 Å². The van der Waals surface area contributed by atoms with Crippen molar-refractivity contribution in [2.45, 2.75) is 27.4 Å². The summed E-state index contributed by atoms with van der Waals surface area (Å²) in [6.07, 6.45) is 1.65. The minimum absolute atomic E-state index is 0.0639. The summed E-state index contributed by atoms with van der Waals surface area (Å²) >= 11 is 4.82. The Morgan fingerprint density at radius 3 is 2.60 bits per heavy atom. The molecule has 20 heavy (non-hydrogen) atoms. The maximum atomic E-state index is 10.9. The van der Waals surface area contributed by atoms with Gasteiger partial charge in [-0.05, 0) is 48.2 Å². The van der Waals surface area contributed by atoms with Gasteiger partial charge in [-0.1, -0.05) is 18.3 Å². The molecule has 0 heterocycles. The fourth-order valence-electron chi connectivity index (χ4n) is 1.72. The summed E-state index contributed by atoms with van der Waals surface area (Å²) in [6.45, 7) is 5.45. The largest absolute Gasteiger partial charge is 0.461 e. The molecule has 2 N–H and O–H groups in total. The van der Waals surface area contributed by atoms with Crippen LogP contribution in [0.1, 0.15) is 29.2 Å². The van der Waals surface area contributed by atoms with Crippen molar-refractivity contribution >= 4 is 29.3 Å². The zero-order chi connectivity index (χ0) is 15.3. The number of carbonyl (C=O) groups excluding carboxylic acids is 1. The van der Waals surface area contributed by atoms with Crippen LogP contribution in [0.3, 0.4) is 0 Å². The van der Waals surface area contributed by atoms with E-state index < -0.39 is 0 Å². The number of benzene rings is 1. The number of nitrogens with two attached hydrogens (primary N) is 1. The number of esters is 1. The first-order valence-electron chi connectivity index (χ1n) is 6.00. The summed E-state index contributed by atoms with van der Waals surface area (Å²) in [5.41, 5.74) is 9.48. The van der Waals surface area contributed by atoms with E-state index in [2.05, 4.69) is 0 Å². The molecule has 0 aliphatic heterocycles. The molecule has 1 rings (SSSR count). The molecular formula is C15H16N2O2S. The van der Waals surface area contributed by atoms with Gasteiger partial charge in [-0.25, -0.2) is 0 Å². The Kier molecular flexibility index (Phi) is 5.42. The number of aryl methyl sites for hydroxylation is 2. The quantitative estimate of drug-likeness (QED) is 0.399. The fourth-order valence-corrected chi connectivity index (χ4v) is 1.83. The van der Waals surface area contributed by atoms with Gasteiger partial charge >= 0.3 is 5.97 Å². The summed E-state index contributed by atoms with van der Waals surface area (Å²) < 4.78 is 5.01.